The molecule has 2 heteroatoms. The highest BCUT2D eigenvalue weighted by Crippen LogP contribution is 2.69. The monoisotopic (exact) mass is 472 g/mol. The van der Waals surface area contributed by atoms with E-state index in [1.165, 1.54) is 74.3 Å². The maximum atomic E-state index is 4.40. The Morgan fingerprint density at radius 1 is 0.943 bits per heavy atom. The van der Waals surface area contributed by atoms with E-state index in [1.54, 1.807) is 5.56 Å². The van der Waals surface area contributed by atoms with E-state index in [0.717, 1.165) is 23.7 Å². The van der Waals surface area contributed by atoms with Crippen LogP contribution in [0.25, 0.3) is 10.8 Å². The molecule has 0 radical (unpaired) electrons. The molecule has 2 aromatic rings. The molecular formula is C33H48N2. The minimum Gasteiger partial charge on any atom is -0.376 e. The van der Waals surface area contributed by atoms with Crippen molar-refractivity contribution in [1.29, 1.82) is 0 Å². The van der Waals surface area contributed by atoms with Crippen LogP contribution in [0.1, 0.15) is 97.5 Å². The van der Waals surface area contributed by atoms with Crippen molar-refractivity contribution in [2.45, 2.75) is 97.9 Å². The van der Waals surface area contributed by atoms with Crippen LogP contribution < -0.4 is 0 Å². The Labute approximate surface area is 214 Å². The fourth-order valence-electron chi connectivity index (χ4n) is 9.77. The van der Waals surface area contributed by atoms with Gasteiger partial charge in [-0.25, -0.2) is 0 Å². The van der Waals surface area contributed by atoms with Crippen LogP contribution in [0.4, 0.5) is 0 Å². The molecule has 0 aliphatic heterocycles. The Kier molecular flexibility index (Phi) is 6.34. The van der Waals surface area contributed by atoms with E-state index in [-0.39, 0.29) is 7.43 Å². The van der Waals surface area contributed by atoms with E-state index in [2.05, 4.69) is 68.5 Å². The molecule has 4 aliphatic rings. The molecule has 2 nitrogen and oxygen atoms in total. The third kappa shape index (κ3) is 3.77. The first-order chi connectivity index (χ1) is 16.3. The molecule has 0 N–H and O–H groups in total. The van der Waals surface area contributed by atoms with Crippen molar-refractivity contribution in [1.82, 2.24) is 9.88 Å². The van der Waals surface area contributed by atoms with Gasteiger partial charge in [-0.1, -0.05) is 40.0 Å². The van der Waals surface area contributed by atoms with Crippen molar-refractivity contribution in [2.75, 3.05) is 7.05 Å². The van der Waals surface area contributed by atoms with E-state index in [9.17, 15) is 0 Å². The lowest BCUT2D eigenvalue weighted by Crippen LogP contribution is -2.54. The molecule has 190 valence electrons. The molecule has 0 saturated heterocycles. The zero-order valence-corrected chi connectivity index (χ0v) is 21.9. The summed E-state index contributed by atoms with van der Waals surface area (Å²) < 4.78 is 0. The van der Waals surface area contributed by atoms with Gasteiger partial charge in [0.1, 0.15) is 0 Å². The normalized spacial score (nSPS) is 40.2. The van der Waals surface area contributed by atoms with Gasteiger partial charge in [-0.2, -0.15) is 0 Å². The number of nitrogens with zero attached hydrogens (tertiary/aromatic N) is 2. The average Bonchev–Trinajstić information content (AvgIpc) is 3.20. The lowest BCUT2D eigenvalue weighted by Gasteiger charge is -2.61. The molecule has 1 aromatic heterocycles. The van der Waals surface area contributed by atoms with Gasteiger partial charge in [-0.05, 0) is 128 Å². The summed E-state index contributed by atoms with van der Waals surface area (Å²) in [5.74, 6) is 4.43. The van der Waals surface area contributed by atoms with Crippen molar-refractivity contribution in [3.63, 3.8) is 0 Å². The second-order valence-corrected chi connectivity index (χ2v) is 13.1. The van der Waals surface area contributed by atoms with Crippen LogP contribution in [0.5, 0.6) is 0 Å². The summed E-state index contributed by atoms with van der Waals surface area (Å²) in [7, 11) is 2.27. The standard InChI is InChI=1S/C32H44N2.CH4/c1-21(2)34(5)26-12-15-31(3)25(19-26)8-9-27-29-11-10-28(32(29,4)16-13-30(27)31)23-7-6-22-14-17-33-20-24(22)18-23;/h6-7,14,17-18,20,25-30H,1,8-13,15-16,19H2,2-5H3;1H4. The molecule has 1 heterocycles. The number of aromatic nitrogens is 1. The molecule has 0 amide bonds. The van der Waals surface area contributed by atoms with Crippen molar-refractivity contribution in [3.05, 3.63) is 54.5 Å². The summed E-state index contributed by atoms with van der Waals surface area (Å²) in [5.41, 5.74) is 3.84. The van der Waals surface area contributed by atoms with Gasteiger partial charge >= 0.3 is 0 Å². The van der Waals surface area contributed by atoms with Crippen LogP contribution in [0.3, 0.4) is 0 Å². The first-order valence-electron chi connectivity index (χ1n) is 14.0. The number of rotatable bonds is 3. The van der Waals surface area contributed by atoms with E-state index in [1.807, 2.05) is 12.4 Å². The minimum absolute atomic E-state index is 0. The number of allylic oxidation sites excluding steroid dienone is 1. The minimum atomic E-state index is 0. The number of hydrogen-bond acceptors (Lipinski definition) is 2. The largest absolute Gasteiger partial charge is 0.376 e. The van der Waals surface area contributed by atoms with Gasteiger partial charge in [0.15, 0.2) is 0 Å². The van der Waals surface area contributed by atoms with E-state index in [4.69, 9.17) is 0 Å². The fraction of sp³-hybridized carbons (Fsp3) is 0.667. The van der Waals surface area contributed by atoms with Crippen LogP contribution in [-0.2, 0) is 0 Å². The SMILES string of the molecule is C.C=C(C)N(C)C1CCC2(C)C(CCC3C2CCC2(C)C(c4ccc5ccncc5c4)CCC32)C1. The predicted molar refractivity (Wildman–Crippen MR) is 149 cm³/mol. The summed E-state index contributed by atoms with van der Waals surface area (Å²) in [4.78, 5) is 6.87. The number of fused-ring (bicyclic) bond motifs is 6. The van der Waals surface area contributed by atoms with Gasteiger partial charge in [0.2, 0.25) is 0 Å². The van der Waals surface area contributed by atoms with Crippen molar-refractivity contribution >= 4 is 10.8 Å². The molecule has 35 heavy (non-hydrogen) atoms. The number of hydrogen-bond donors (Lipinski definition) is 0. The summed E-state index contributed by atoms with van der Waals surface area (Å²) >= 11 is 0. The molecule has 4 fully saturated rings. The number of pyridine rings is 1. The Morgan fingerprint density at radius 3 is 2.51 bits per heavy atom. The summed E-state index contributed by atoms with van der Waals surface area (Å²) in [6.45, 7) is 11.8. The topological polar surface area (TPSA) is 16.1 Å². The molecule has 6 rings (SSSR count). The van der Waals surface area contributed by atoms with Crippen LogP contribution in [0.15, 0.2) is 48.9 Å². The Morgan fingerprint density at radius 2 is 1.71 bits per heavy atom. The molecule has 0 bridgehead atoms. The van der Waals surface area contributed by atoms with Crippen LogP contribution in [-0.4, -0.2) is 23.0 Å². The summed E-state index contributed by atoms with van der Waals surface area (Å²) in [5, 5.41) is 2.63. The third-order valence-corrected chi connectivity index (χ3v) is 11.9. The van der Waals surface area contributed by atoms with E-state index < -0.39 is 0 Å². The highest BCUT2D eigenvalue weighted by atomic mass is 15.1. The number of benzene rings is 1. The van der Waals surface area contributed by atoms with Gasteiger partial charge in [-0.3, -0.25) is 4.98 Å². The summed E-state index contributed by atoms with van der Waals surface area (Å²) in [6.07, 6.45) is 16.8. The lowest BCUT2D eigenvalue weighted by atomic mass is 9.44. The predicted octanol–water partition coefficient (Wildman–Crippen LogP) is 8.83. The average molecular weight is 473 g/mol. The second kappa shape index (κ2) is 8.93. The van der Waals surface area contributed by atoms with Gasteiger partial charge in [0.05, 0.1) is 0 Å². The van der Waals surface area contributed by atoms with Crippen LogP contribution >= 0.6 is 0 Å². The fourth-order valence-corrected chi connectivity index (χ4v) is 9.77. The van der Waals surface area contributed by atoms with E-state index >= 15 is 0 Å². The van der Waals surface area contributed by atoms with Gasteiger partial charge in [0.25, 0.3) is 0 Å². The molecule has 1 aromatic carbocycles. The second-order valence-electron chi connectivity index (χ2n) is 13.1. The van der Waals surface area contributed by atoms with Gasteiger partial charge in [0, 0.05) is 36.6 Å². The Bertz CT molecular complexity index is 1090. The van der Waals surface area contributed by atoms with Gasteiger partial charge < -0.3 is 4.90 Å². The highest BCUT2D eigenvalue weighted by Gasteiger charge is 2.60. The molecule has 4 saturated carbocycles. The van der Waals surface area contributed by atoms with E-state index in [0.29, 0.717) is 22.8 Å². The Hall–Kier alpha value is -1.83. The zero-order valence-electron chi connectivity index (χ0n) is 21.9. The molecule has 8 atom stereocenters. The molecule has 4 aliphatic carbocycles. The maximum Gasteiger partial charge on any atom is 0.0346 e. The quantitative estimate of drug-likeness (QED) is 0.443. The lowest BCUT2D eigenvalue weighted by molar-refractivity contribution is -0.114. The van der Waals surface area contributed by atoms with Crippen molar-refractivity contribution in [3.8, 4) is 0 Å². The maximum absolute atomic E-state index is 4.40. The zero-order chi connectivity index (χ0) is 23.7. The van der Waals surface area contributed by atoms with Crippen LogP contribution in [0, 0.1) is 34.5 Å². The first-order valence-corrected chi connectivity index (χ1v) is 14.0. The highest BCUT2D eigenvalue weighted by molar-refractivity contribution is 5.82. The molecule has 0 spiro atoms. The molecule has 8 unspecified atom stereocenters. The first kappa shape index (κ1) is 24.8. The smallest absolute Gasteiger partial charge is 0.0346 e. The van der Waals surface area contributed by atoms with Crippen LogP contribution in [0.2, 0.25) is 0 Å². The third-order valence-electron chi connectivity index (χ3n) is 11.9. The Balaban J connectivity index is 0.00000253. The van der Waals surface area contributed by atoms with Gasteiger partial charge in [-0.15, -0.1) is 0 Å². The van der Waals surface area contributed by atoms with Crippen molar-refractivity contribution in [2.24, 2.45) is 34.5 Å². The summed E-state index contributed by atoms with van der Waals surface area (Å²) in [6, 6.07) is 10.1. The molecular weight excluding hydrogens is 424 g/mol. The van der Waals surface area contributed by atoms with Crippen molar-refractivity contribution < 1.29 is 0 Å².